The number of hydrogen-bond donors (Lipinski definition) is 2. The molecule has 1 atom stereocenters. The number of allylic oxidation sites excluding steroid dienone is 1. The maximum Gasteiger partial charge on any atom is 0.414 e. The van der Waals surface area contributed by atoms with Crippen LogP contribution < -0.4 is 15.4 Å². The number of nitrogens with two attached hydrogens (primary N) is 1. The number of benzene rings is 1. The van der Waals surface area contributed by atoms with Gasteiger partial charge < -0.3 is 20.6 Å². The van der Waals surface area contributed by atoms with Crippen molar-refractivity contribution >= 4 is 23.6 Å². The molecule has 1 unspecified atom stereocenters. The Morgan fingerprint density at radius 2 is 2.12 bits per heavy atom. The van der Waals surface area contributed by atoms with E-state index in [2.05, 4.69) is 0 Å². The van der Waals surface area contributed by atoms with Crippen LogP contribution in [0.3, 0.4) is 0 Å². The summed E-state index contributed by atoms with van der Waals surface area (Å²) >= 11 is 0. The molecule has 1 amide bonds. The van der Waals surface area contributed by atoms with Gasteiger partial charge in [0.15, 0.2) is 0 Å². The number of rotatable bonds is 4. The Labute approximate surface area is 148 Å². The van der Waals surface area contributed by atoms with Crippen molar-refractivity contribution in [3.63, 3.8) is 0 Å². The third kappa shape index (κ3) is 3.08. The van der Waals surface area contributed by atoms with Crippen molar-refractivity contribution < 1.29 is 14.3 Å². The number of hydrogen-bond acceptors (Lipinski definition) is 5. The topological polar surface area (TPSA) is 88.6 Å². The van der Waals surface area contributed by atoms with Gasteiger partial charge in [0.05, 0.1) is 18.9 Å². The summed E-state index contributed by atoms with van der Waals surface area (Å²) in [6, 6.07) is 3.84. The molecule has 0 saturated heterocycles. The second-order valence-electron chi connectivity index (χ2n) is 6.60. The number of fused-ring (bicyclic) bond motifs is 1. The van der Waals surface area contributed by atoms with E-state index in [1.807, 2.05) is 19.1 Å². The van der Waals surface area contributed by atoms with Crippen LogP contribution in [0.5, 0.6) is 5.75 Å². The van der Waals surface area contributed by atoms with Crippen molar-refractivity contribution in [3.8, 4) is 5.75 Å². The first-order valence-electron chi connectivity index (χ1n) is 8.73. The highest BCUT2D eigenvalue weighted by atomic mass is 16.5. The number of methoxy groups -OCH3 is 1. The summed E-state index contributed by atoms with van der Waals surface area (Å²) in [5.74, 6) is 0.753. The lowest BCUT2D eigenvalue weighted by Crippen LogP contribution is -2.42. The third-order valence-corrected chi connectivity index (χ3v) is 5.10. The molecule has 25 heavy (non-hydrogen) atoms. The molecule has 1 fully saturated rings. The van der Waals surface area contributed by atoms with Crippen LogP contribution in [0.25, 0.3) is 5.57 Å². The largest absolute Gasteiger partial charge is 0.489 e. The molecule has 1 aliphatic carbocycles. The van der Waals surface area contributed by atoms with E-state index in [4.69, 9.17) is 20.6 Å². The lowest BCUT2D eigenvalue weighted by molar-refractivity contribution is 0.118. The average molecular weight is 343 g/mol. The van der Waals surface area contributed by atoms with Crippen LogP contribution in [0.4, 0.5) is 10.5 Å². The second kappa shape index (κ2) is 7.17. The van der Waals surface area contributed by atoms with Crippen molar-refractivity contribution in [2.24, 2.45) is 5.73 Å². The number of carbonyl (C=O) groups excluding carboxylic acids is 1. The zero-order valence-electron chi connectivity index (χ0n) is 14.7. The molecule has 0 aromatic heterocycles. The molecule has 1 heterocycles. The van der Waals surface area contributed by atoms with Crippen LogP contribution >= 0.6 is 0 Å². The van der Waals surface area contributed by atoms with Crippen molar-refractivity contribution in [2.75, 3.05) is 12.0 Å². The molecule has 1 aromatic rings. The molecular formula is C19H25N3O3. The van der Waals surface area contributed by atoms with Gasteiger partial charge in [0.25, 0.3) is 0 Å². The quantitative estimate of drug-likeness (QED) is 0.819. The minimum absolute atomic E-state index is 0.0645. The van der Waals surface area contributed by atoms with Crippen LogP contribution in [-0.4, -0.2) is 31.6 Å². The van der Waals surface area contributed by atoms with E-state index in [0.717, 1.165) is 48.2 Å². The second-order valence-corrected chi connectivity index (χ2v) is 6.60. The SMILES string of the molecule is COC(=O)N1c2ccc(/C(C=N)=C/N)c(OC3CCC3)c2CCC1C. The number of nitrogens with zero attached hydrogens (tertiary/aromatic N) is 1. The highest BCUT2D eigenvalue weighted by Gasteiger charge is 2.33. The summed E-state index contributed by atoms with van der Waals surface area (Å²) in [6.45, 7) is 2.02. The highest BCUT2D eigenvalue weighted by Crippen LogP contribution is 2.42. The fraction of sp³-hybridized carbons (Fsp3) is 0.474. The molecule has 0 radical (unpaired) electrons. The predicted octanol–water partition coefficient (Wildman–Crippen LogP) is 3.47. The first-order valence-corrected chi connectivity index (χ1v) is 8.73. The maximum absolute atomic E-state index is 12.3. The smallest absolute Gasteiger partial charge is 0.414 e. The summed E-state index contributed by atoms with van der Waals surface area (Å²) in [7, 11) is 1.40. The van der Waals surface area contributed by atoms with Gasteiger partial charge in [0.1, 0.15) is 5.75 Å². The van der Waals surface area contributed by atoms with E-state index in [1.165, 1.54) is 25.9 Å². The molecule has 1 aromatic carbocycles. The van der Waals surface area contributed by atoms with Crippen molar-refractivity contribution in [2.45, 2.75) is 51.2 Å². The van der Waals surface area contributed by atoms with Crippen molar-refractivity contribution in [1.82, 2.24) is 0 Å². The molecule has 1 saturated carbocycles. The molecule has 0 bridgehead atoms. The number of nitrogens with one attached hydrogen (secondary N) is 1. The standard InChI is InChI=1S/C19H25N3O3/c1-12-6-7-16-17(22(12)19(23)24-2)9-8-15(13(10-20)11-21)18(16)25-14-4-3-5-14/h8-12,14,20H,3-7,21H2,1-2H3/b13-11+,20-10?. The maximum atomic E-state index is 12.3. The molecule has 3 rings (SSSR count). The molecule has 2 aliphatic rings. The van der Waals surface area contributed by atoms with Crippen molar-refractivity contribution in [1.29, 1.82) is 5.41 Å². The zero-order chi connectivity index (χ0) is 18.0. The monoisotopic (exact) mass is 343 g/mol. The highest BCUT2D eigenvalue weighted by molar-refractivity contribution is 6.10. The molecule has 3 N–H and O–H groups in total. The van der Waals surface area contributed by atoms with Crippen LogP contribution in [-0.2, 0) is 11.2 Å². The summed E-state index contributed by atoms with van der Waals surface area (Å²) in [6.07, 6.45) is 7.38. The minimum atomic E-state index is -0.363. The summed E-state index contributed by atoms with van der Waals surface area (Å²) in [4.78, 5) is 14.0. The Balaban J connectivity index is 2.12. The molecule has 6 nitrogen and oxygen atoms in total. The van der Waals surface area contributed by atoms with Crippen LogP contribution in [0.1, 0.15) is 43.7 Å². The molecule has 1 aliphatic heterocycles. The average Bonchev–Trinajstić information content (AvgIpc) is 2.59. The molecule has 0 spiro atoms. The van der Waals surface area contributed by atoms with E-state index < -0.39 is 0 Å². The Kier molecular flexibility index (Phi) is 4.97. The lowest BCUT2D eigenvalue weighted by atomic mass is 9.91. The minimum Gasteiger partial charge on any atom is -0.489 e. The van der Waals surface area contributed by atoms with Gasteiger partial charge in [-0.15, -0.1) is 0 Å². The van der Waals surface area contributed by atoms with Gasteiger partial charge in [0, 0.05) is 35.2 Å². The van der Waals surface area contributed by atoms with Gasteiger partial charge in [-0.3, -0.25) is 4.90 Å². The van der Waals surface area contributed by atoms with E-state index in [-0.39, 0.29) is 18.2 Å². The predicted molar refractivity (Wildman–Crippen MR) is 98.3 cm³/mol. The summed E-state index contributed by atoms with van der Waals surface area (Å²) in [5.41, 5.74) is 8.94. The van der Waals surface area contributed by atoms with Gasteiger partial charge in [-0.05, 0) is 51.2 Å². The molecule has 134 valence electrons. The molecular weight excluding hydrogens is 318 g/mol. The fourth-order valence-corrected chi connectivity index (χ4v) is 3.41. The van der Waals surface area contributed by atoms with Gasteiger partial charge in [-0.2, -0.15) is 0 Å². The zero-order valence-corrected chi connectivity index (χ0v) is 14.7. The Hall–Kier alpha value is -2.50. The third-order valence-electron chi connectivity index (χ3n) is 5.10. The van der Waals surface area contributed by atoms with E-state index in [0.29, 0.717) is 5.57 Å². The van der Waals surface area contributed by atoms with Crippen LogP contribution in [0.15, 0.2) is 18.3 Å². The Bertz CT molecular complexity index is 710. The van der Waals surface area contributed by atoms with Gasteiger partial charge in [-0.1, -0.05) is 0 Å². The summed E-state index contributed by atoms with van der Waals surface area (Å²) < 4.78 is 11.3. The lowest BCUT2D eigenvalue weighted by Gasteiger charge is -2.37. The number of anilines is 1. The first-order chi connectivity index (χ1) is 12.1. The van der Waals surface area contributed by atoms with E-state index >= 15 is 0 Å². The van der Waals surface area contributed by atoms with Gasteiger partial charge in [-0.25, -0.2) is 4.79 Å². The summed E-state index contributed by atoms with van der Waals surface area (Å²) in [5, 5.41) is 7.63. The van der Waals surface area contributed by atoms with E-state index in [9.17, 15) is 4.79 Å². The van der Waals surface area contributed by atoms with E-state index in [1.54, 1.807) is 4.90 Å². The number of amides is 1. The fourth-order valence-electron chi connectivity index (χ4n) is 3.41. The Morgan fingerprint density at radius 3 is 2.68 bits per heavy atom. The Morgan fingerprint density at radius 1 is 1.36 bits per heavy atom. The first kappa shape index (κ1) is 17.3. The number of carbonyl (C=O) groups is 1. The van der Waals surface area contributed by atoms with Crippen molar-refractivity contribution in [3.05, 3.63) is 29.5 Å². The number of ether oxygens (including phenoxy) is 2. The van der Waals surface area contributed by atoms with Gasteiger partial charge in [0.2, 0.25) is 0 Å². The van der Waals surface area contributed by atoms with Gasteiger partial charge >= 0.3 is 6.09 Å². The van der Waals surface area contributed by atoms with Crippen LogP contribution in [0.2, 0.25) is 0 Å². The normalized spacial score (nSPS) is 20.5. The molecule has 6 heteroatoms. The van der Waals surface area contributed by atoms with Crippen LogP contribution in [0, 0.1) is 5.41 Å².